The number of rotatable bonds is 6. The van der Waals surface area contributed by atoms with E-state index in [1.807, 2.05) is 0 Å². The summed E-state index contributed by atoms with van der Waals surface area (Å²) in [6.45, 7) is 0. The molecular formula is C23H18ClF2N3O4. The fourth-order valence-electron chi connectivity index (χ4n) is 2.98. The van der Waals surface area contributed by atoms with Gasteiger partial charge in [0, 0.05) is 29.9 Å². The molecule has 0 bridgehead atoms. The van der Waals surface area contributed by atoms with Gasteiger partial charge in [-0.2, -0.15) is 0 Å². The molecule has 0 saturated carbocycles. The SMILES string of the molecule is COc1ccc(C(=O)N(C)C(N)=O)cc1C(=O)c1ccc(Nc2ccc(F)cc2F)cc1Cl. The van der Waals surface area contributed by atoms with Gasteiger partial charge in [0.05, 0.1) is 23.4 Å². The molecule has 7 nitrogen and oxygen atoms in total. The number of carbonyl (C=O) groups is 3. The molecule has 0 saturated heterocycles. The Labute approximate surface area is 192 Å². The number of imide groups is 1. The Hall–Kier alpha value is -3.98. The fourth-order valence-corrected chi connectivity index (χ4v) is 3.25. The Bertz CT molecular complexity index is 1270. The number of nitrogens with zero attached hydrogens (tertiary/aromatic N) is 1. The molecule has 3 aromatic rings. The van der Waals surface area contributed by atoms with E-state index in [-0.39, 0.29) is 33.1 Å². The summed E-state index contributed by atoms with van der Waals surface area (Å²) < 4.78 is 32.2. The van der Waals surface area contributed by atoms with Gasteiger partial charge >= 0.3 is 6.03 Å². The van der Waals surface area contributed by atoms with E-state index in [1.54, 1.807) is 0 Å². The molecule has 170 valence electrons. The first-order valence-corrected chi connectivity index (χ1v) is 9.82. The number of nitrogens with one attached hydrogen (secondary N) is 1. The number of primary amides is 1. The van der Waals surface area contributed by atoms with E-state index >= 15 is 0 Å². The molecule has 0 heterocycles. The number of nitrogens with two attached hydrogens (primary N) is 1. The van der Waals surface area contributed by atoms with Crippen LogP contribution in [0, 0.1) is 11.6 Å². The fraction of sp³-hybridized carbons (Fsp3) is 0.0870. The van der Waals surface area contributed by atoms with E-state index in [0.29, 0.717) is 10.6 Å². The van der Waals surface area contributed by atoms with Crippen molar-refractivity contribution in [2.75, 3.05) is 19.5 Å². The van der Waals surface area contributed by atoms with Crippen LogP contribution in [0.4, 0.5) is 25.0 Å². The average Bonchev–Trinajstić information content (AvgIpc) is 2.79. The number of carbonyl (C=O) groups excluding carboxylic acids is 3. The van der Waals surface area contributed by atoms with Crippen molar-refractivity contribution in [1.82, 2.24) is 4.90 Å². The lowest BCUT2D eigenvalue weighted by Gasteiger charge is -2.15. The number of benzene rings is 3. The molecule has 0 aliphatic carbocycles. The van der Waals surface area contributed by atoms with E-state index in [1.165, 1.54) is 56.6 Å². The lowest BCUT2D eigenvalue weighted by Crippen LogP contribution is -2.37. The van der Waals surface area contributed by atoms with Crippen LogP contribution in [0.25, 0.3) is 0 Å². The Morgan fingerprint density at radius 3 is 2.33 bits per heavy atom. The van der Waals surface area contributed by atoms with Gasteiger partial charge in [-0.25, -0.2) is 13.6 Å². The number of amides is 3. The third-order valence-corrected chi connectivity index (χ3v) is 5.06. The minimum absolute atomic E-state index is 0.0259. The third kappa shape index (κ3) is 5.09. The van der Waals surface area contributed by atoms with E-state index in [0.717, 1.165) is 12.1 Å². The van der Waals surface area contributed by atoms with E-state index < -0.39 is 29.4 Å². The van der Waals surface area contributed by atoms with Gasteiger partial charge in [0.15, 0.2) is 5.78 Å². The van der Waals surface area contributed by atoms with Crippen LogP contribution in [0.15, 0.2) is 54.6 Å². The molecule has 0 aliphatic rings. The van der Waals surface area contributed by atoms with Gasteiger partial charge in [0.2, 0.25) is 0 Å². The smallest absolute Gasteiger partial charge is 0.321 e. The third-order valence-electron chi connectivity index (χ3n) is 4.75. The summed E-state index contributed by atoms with van der Waals surface area (Å²) in [5.74, 6) is -2.57. The second-order valence-electron chi connectivity index (χ2n) is 6.89. The number of hydrogen-bond acceptors (Lipinski definition) is 5. The number of urea groups is 1. The predicted octanol–water partition coefficient (Wildman–Crippen LogP) is 4.75. The molecule has 3 amide bonds. The van der Waals surface area contributed by atoms with Crippen LogP contribution >= 0.6 is 11.6 Å². The zero-order valence-electron chi connectivity index (χ0n) is 17.5. The van der Waals surface area contributed by atoms with Crippen LogP contribution in [-0.2, 0) is 0 Å². The van der Waals surface area contributed by atoms with Gasteiger partial charge < -0.3 is 15.8 Å². The van der Waals surface area contributed by atoms with Crippen LogP contribution in [0.5, 0.6) is 5.75 Å². The van der Waals surface area contributed by atoms with Crippen molar-refractivity contribution in [3.05, 3.63) is 87.9 Å². The first-order valence-electron chi connectivity index (χ1n) is 9.44. The highest BCUT2D eigenvalue weighted by Crippen LogP contribution is 2.30. The zero-order valence-corrected chi connectivity index (χ0v) is 18.2. The minimum atomic E-state index is -0.951. The van der Waals surface area contributed by atoms with Crippen LogP contribution < -0.4 is 15.8 Å². The lowest BCUT2D eigenvalue weighted by molar-refractivity contribution is 0.0838. The highest BCUT2D eigenvalue weighted by molar-refractivity contribution is 6.35. The summed E-state index contributed by atoms with van der Waals surface area (Å²) in [6.07, 6.45) is 0. The summed E-state index contributed by atoms with van der Waals surface area (Å²) in [7, 11) is 2.57. The van der Waals surface area contributed by atoms with E-state index in [4.69, 9.17) is 22.1 Å². The number of halogens is 3. The molecule has 0 atom stereocenters. The number of ether oxygens (including phenoxy) is 1. The Balaban J connectivity index is 1.93. The Morgan fingerprint density at radius 1 is 1.00 bits per heavy atom. The van der Waals surface area contributed by atoms with Crippen LogP contribution in [-0.4, -0.2) is 36.8 Å². The number of anilines is 2. The first-order chi connectivity index (χ1) is 15.6. The van der Waals surface area contributed by atoms with Crippen molar-refractivity contribution >= 4 is 40.7 Å². The van der Waals surface area contributed by atoms with Crippen molar-refractivity contribution in [2.45, 2.75) is 0 Å². The van der Waals surface area contributed by atoms with Crippen LogP contribution in [0.3, 0.4) is 0 Å². The van der Waals surface area contributed by atoms with Gasteiger partial charge in [-0.1, -0.05) is 11.6 Å². The standard InChI is InChI=1S/C23H18ClF2N3O4/c1-29(23(27)32)22(31)12-3-8-20(33-2)16(9-12)21(30)15-6-5-14(11-17(15)24)28-19-7-4-13(25)10-18(19)26/h3-11,28H,1-2H3,(H2,27,32). The van der Waals surface area contributed by atoms with Crippen LogP contribution in [0.2, 0.25) is 5.02 Å². The predicted molar refractivity (Wildman–Crippen MR) is 119 cm³/mol. The molecule has 0 fully saturated rings. The second-order valence-corrected chi connectivity index (χ2v) is 7.30. The van der Waals surface area contributed by atoms with Crippen molar-refractivity contribution in [1.29, 1.82) is 0 Å². The number of ketones is 1. The minimum Gasteiger partial charge on any atom is -0.496 e. The average molecular weight is 474 g/mol. The maximum absolute atomic E-state index is 13.9. The summed E-state index contributed by atoms with van der Waals surface area (Å²) in [5, 5.41) is 2.80. The zero-order chi connectivity index (χ0) is 24.3. The van der Waals surface area contributed by atoms with Gasteiger partial charge in [-0.05, 0) is 48.5 Å². The van der Waals surface area contributed by atoms with Crippen molar-refractivity contribution in [3.63, 3.8) is 0 Å². The Morgan fingerprint density at radius 2 is 1.73 bits per heavy atom. The molecule has 0 aromatic heterocycles. The highest BCUT2D eigenvalue weighted by atomic mass is 35.5. The number of methoxy groups -OCH3 is 1. The Kier molecular flexibility index (Phi) is 6.93. The maximum Gasteiger partial charge on any atom is 0.321 e. The summed E-state index contributed by atoms with van der Waals surface area (Å²) in [6, 6.07) is 10.5. The van der Waals surface area contributed by atoms with Crippen molar-refractivity contribution in [2.24, 2.45) is 5.73 Å². The maximum atomic E-state index is 13.9. The topological polar surface area (TPSA) is 102 Å². The van der Waals surface area contributed by atoms with E-state index in [2.05, 4.69) is 5.32 Å². The lowest BCUT2D eigenvalue weighted by atomic mass is 9.99. The molecule has 33 heavy (non-hydrogen) atoms. The van der Waals surface area contributed by atoms with Crippen molar-refractivity contribution < 1.29 is 27.9 Å². The molecule has 3 rings (SSSR count). The highest BCUT2D eigenvalue weighted by Gasteiger charge is 2.22. The normalized spacial score (nSPS) is 10.5. The summed E-state index contributed by atoms with van der Waals surface area (Å²) in [5.41, 5.74) is 5.69. The summed E-state index contributed by atoms with van der Waals surface area (Å²) >= 11 is 6.30. The molecule has 3 aromatic carbocycles. The molecule has 0 spiro atoms. The van der Waals surface area contributed by atoms with Crippen molar-refractivity contribution in [3.8, 4) is 5.75 Å². The first kappa shape index (κ1) is 23.7. The molecular weight excluding hydrogens is 456 g/mol. The van der Waals surface area contributed by atoms with Gasteiger partial charge in [-0.3, -0.25) is 14.5 Å². The molecule has 0 radical (unpaired) electrons. The molecule has 0 aliphatic heterocycles. The van der Waals surface area contributed by atoms with Gasteiger partial charge in [0.25, 0.3) is 5.91 Å². The molecule has 10 heteroatoms. The van der Waals surface area contributed by atoms with Crippen LogP contribution in [0.1, 0.15) is 26.3 Å². The number of hydrogen-bond donors (Lipinski definition) is 2. The van der Waals surface area contributed by atoms with Gasteiger partial charge in [-0.15, -0.1) is 0 Å². The monoisotopic (exact) mass is 473 g/mol. The van der Waals surface area contributed by atoms with Gasteiger partial charge in [0.1, 0.15) is 17.4 Å². The summed E-state index contributed by atoms with van der Waals surface area (Å²) in [4.78, 5) is 37.6. The largest absolute Gasteiger partial charge is 0.496 e. The second kappa shape index (κ2) is 9.66. The van der Waals surface area contributed by atoms with E-state index in [9.17, 15) is 23.2 Å². The molecule has 0 unspecified atom stereocenters. The molecule has 3 N–H and O–H groups in total. The quantitative estimate of drug-likeness (QED) is 0.503.